The second-order valence-electron chi connectivity index (χ2n) is 6.51. The van der Waals surface area contributed by atoms with Crippen molar-refractivity contribution in [3.8, 4) is 10.4 Å². The molecule has 1 N–H and O–H groups in total. The van der Waals surface area contributed by atoms with Crippen LogP contribution in [0.5, 0.6) is 0 Å². The Bertz CT molecular complexity index is 1340. The van der Waals surface area contributed by atoms with Crippen LogP contribution in [0, 0.1) is 10.1 Å². The summed E-state index contributed by atoms with van der Waals surface area (Å²) >= 11 is 1.42. The van der Waals surface area contributed by atoms with Gasteiger partial charge in [-0.3, -0.25) is 24.3 Å². The molecule has 0 radical (unpaired) electrons. The summed E-state index contributed by atoms with van der Waals surface area (Å²) in [6.07, 6.45) is 2.70. The first-order valence-electron chi connectivity index (χ1n) is 9.12. The van der Waals surface area contributed by atoms with Gasteiger partial charge in [-0.05, 0) is 29.3 Å². The minimum atomic E-state index is -0.500. The summed E-state index contributed by atoms with van der Waals surface area (Å²) in [7, 11) is 0. The fourth-order valence-electron chi connectivity index (χ4n) is 2.87. The van der Waals surface area contributed by atoms with E-state index in [1.807, 2.05) is 30.3 Å². The number of amides is 1. The lowest BCUT2D eigenvalue weighted by molar-refractivity contribution is -0.384. The van der Waals surface area contributed by atoms with Gasteiger partial charge in [-0.2, -0.15) is 5.10 Å². The minimum absolute atomic E-state index is 0.0349. The van der Waals surface area contributed by atoms with E-state index in [0.29, 0.717) is 15.8 Å². The monoisotopic (exact) mass is 433 g/mol. The summed E-state index contributed by atoms with van der Waals surface area (Å²) in [5, 5.41) is 14.9. The van der Waals surface area contributed by atoms with Gasteiger partial charge in [-0.1, -0.05) is 30.3 Å². The van der Waals surface area contributed by atoms with E-state index >= 15 is 0 Å². The molecule has 0 aliphatic heterocycles. The summed E-state index contributed by atoms with van der Waals surface area (Å²) in [6.45, 7) is -0.240. The molecule has 31 heavy (non-hydrogen) atoms. The summed E-state index contributed by atoms with van der Waals surface area (Å²) in [5.74, 6) is -0.500. The molecule has 0 aliphatic rings. The zero-order chi connectivity index (χ0) is 21.8. The number of aromatic nitrogens is 2. The van der Waals surface area contributed by atoms with Gasteiger partial charge in [0.25, 0.3) is 17.2 Å². The highest BCUT2D eigenvalue weighted by molar-refractivity contribution is 7.21. The molecule has 0 saturated carbocycles. The standard InChI is InChI=1S/C21H15N5O4S/c27-19(24-23-11-14-6-8-16(9-7-14)26(29)30)12-25-13-22-20-17(21(25)28)10-18(31-20)15-4-2-1-3-5-15/h1-11,13H,12H2,(H,24,27). The summed E-state index contributed by atoms with van der Waals surface area (Å²) in [6, 6.07) is 17.2. The van der Waals surface area contributed by atoms with Crippen molar-refractivity contribution >= 4 is 39.4 Å². The zero-order valence-corrected chi connectivity index (χ0v) is 16.8. The number of nitro groups is 1. The Morgan fingerprint density at radius 2 is 1.94 bits per heavy atom. The van der Waals surface area contributed by atoms with Gasteiger partial charge in [0.15, 0.2) is 0 Å². The fourth-order valence-corrected chi connectivity index (χ4v) is 3.86. The maximum Gasteiger partial charge on any atom is 0.269 e. The molecule has 2 aromatic carbocycles. The molecule has 9 nitrogen and oxygen atoms in total. The highest BCUT2D eigenvalue weighted by Gasteiger charge is 2.12. The molecule has 0 bridgehead atoms. The van der Waals surface area contributed by atoms with E-state index in [1.165, 1.54) is 52.7 Å². The van der Waals surface area contributed by atoms with Gasteiger partial charge >= 0.3 is 0 Å². The van der Waals surface area contributed by atoms with Crippen molar-refractivity contribution in [1.82, 2.24) is 15.0 Å². The van der Waals surface area contributed by atoms with Gasteiger partial charge in [0.2, 0.25) is 0 Å². The van der Waals surface area contributed by atoms with Crippen LogP contribution in [0.25, 0.3) is 20.7 Å². The van der Waals surface area contributed by atoms with Crippen LogP contribution in [0.1, 0.15) is 5.56 Å². The lowest BCUT2D eigenvalue weighted by atomic mass is 10.2. The smallest absolute Gasteiger partial charge is 0.269 e. The molecular weight excluding hydrogens is 418 g/mol. The van der Waals surface area contributed by atoms with E-state index in [2.05, 4.69) is 15.5 Å². The Morgan fingerprint density at radius 3 is 2.65 bits per heavy atom. The van der Waals surface area contributed by atoms with Gasteiger partial charge in [0.1, 0.15) is 11.4 Å². The molecule has 0 spiro atoms. The molecule has 4 aromatic rings. The Kier molecular flexibility index (Phi) is 5.63. The lowest BCUT2D eigenvalue weighted by Crippen LogP contribution is -2.29. The highest BCUT2D eigenvalue weighted by Crippen LogP contribution is 2.30. The third-order valence-electron chi connectivity index (χ3n) is 4.40. The Morgan fingerprint density at radius 1 is 1.19 bits per heavy atom. The third-order valence-corrected chi connectivity index (χ3v) is 5.49. The number of fused-ring (bicyclic) bond motifs is 1. The zero-order valence-electron chi connectivity index (χ0n) is 16.0. The quantitative estimate of drug-likeness (QED) is 0.284. The number of thiophene rings is 1. The van der Waals surface area contributed by atoms with Crippen LogP contribution in [0.3, 0.4) is 0 Å². The number of hydrogen-bond acceptors (Lipinski definition) is 7. The summed E-state index contributed by atoms with van der Waals surface area (Å²) in [4.78, 5) is 40.9. The van der Waals surface area contributed by atoms with E-state index in [4.69, 9.17) is 0 Å². The Labute approximate surface area is 179 Å². The van der Waals surface area contributed by atoms with E-state index in [0.717, 1.165) is 10.4 Å². The van der Waals surface area contributed by atoms with Gasteiger partial charge in [-0.15, -0.1) is 11.3 Å². The van der Waals surface area contributed by atoms with Crippen LogP contribution in [-0.2, 0) is 11.3 Å². The highest BCUT2D eigenvalue weighted by atomic mass is 32.1. The maximum atomic E-state index is 12.7. The number of benzene rings is 2. The normalized spacial score (nSPS) is 11.1. The summed E-state index contributed by atoms with van der Waals surface area (Å²) < 4.78 is 1.22. The van der Waals surface area contributed by atoms with Gasteiger partial charge < -0.3 is 0 Å². The Hall–Kier alpha value is -4.18. The maximum absolute atomic E-state index is 12.7. The largest absolute Gasteiger partial charge is 0.289 e. The van der Waals surface area contributed by atoms with Crippen LogP contribution in [0.4, 0.5) is 5.69 Å². The lowest BCUT2D eigenvalue weighted by Gasteiger charge is -2.03. The SMILES string of the molecule is O=C(Cn1cnc2sc(-c3ccccc3)cc2c1=O)NN=Cc1ccc([N+](=O)[O-])cc1. The van der Waals surface area contributed by atoms with Crippen LogP contribution in [-0.4, -0.2) is 26.6 Å². The molecule has 1 amide bonds. The minimum Gasteiger partial charge on any atom is -0.289 e. The summed E-state index contributed by atoms with van der Waals surface area (Å²) in [5.41, 5.74) is 3.57. The number of hydrogen-bond donors (Lipinski definition) is 1. The third kappa shape index (κ3) is 4.54. The first-order valence-corrected chi connectivity index (χ1v) is 9.94. The van der Waals surface area contributed by atoms with Gasteiger partial charge in [0, 0.05) is 17.0 Å². The fraction of sp³-hybridized carbons (Fsp3) is 0.0476. The number of non-ortho nitro benzene ring substituents is 1. The average molecular weight is 433 g/mol. The molecule has 4 rings (SSSR count). The molecule has 0 aliphatic carbocycles. The van der Waals surface area contributed by atoms with E-state index in [-0.39, 0.29) is 17.8 Å². The van der Waals surface area contributed by atoms with Crippen molar-refractivity contribution in [2.45, 2.75) is 6.54 Å². The van der Waals surface area contributed by atoms with Crippen molar-refractivity contribution in [2.24, 2.45) is 5.10 Å². The van der Waals surface area contributed by atoms with Gasteiger partial charge in [0.05, 0.1) is 22.9 Å². The van der Waals surface area contributed by atoms with Crippen molar-refractivity contribution in [3.63, 3.8) is 0 Å². The van der Waals surface area contributed by atoms with Crippen molar-refractivity contribution in [3.05, 3.63) is 93.0 Å². The van der Waals surface area contributed by atoms with E-state index in [1.54, 1.807) is 6.07 Å². The molecule has 0 atom stereocenters. The first kappa shape index (κ1) is 20.1. The first-order chi connectivity index (χ1) is 15.0. The number of nitro benzene ring substituents is 1. The van der Waals surface area contributed by atoms with E-state index < -0.39 is 10.8 Å². The number of carbonyl (C=O) groups is 1. The molecule has 2 heterocycles. The molecular formula is C21H15N5O4S. The number of carbonyl (C=O) groups excluding carboxylic acids is 1. The molecule has 154 valence electrons. The van der Waals surface area contributed by atoms with Crippen LogP contribution < -0.4 is 11.0 Å². The number of hydrazone groups is 1. The number of rotatable bonds is 6. The van der Waals surface area contributed by atoms with Crippen LogP contribution >= 0.6 is 11.3 Å². The van der Waals surface area contributed by atoms with Crippen molar-refractivity contribution < 1.29 is 9.72 Å². The predicted molar refractivity (Wildman–Crippen MR) is 118 cm³/mol. The van der Waals surface area contributed by atoms with Crippen molar-refractivity contribution in [1.29, 1.82) is 0 Å². The van der Waals surface area contributed by atoms with Crippen molar-refractivity contribution in [2.75, 3.05) is 0 Å². The second-order valence-corrected chi connectivity index (χ2v) is 7.55. The number of nitrogens with zero attached hydrogens (tertiary/aromatic N) is 4. The molecule has 10 heteroatoms. The molecule has 0 saturated heterocycles. The topological polar surface area (TPSA) is 119 Å². The van der Waals surface area contributed by atoms with Gasteiger partial charge in [-0.25, -0.2) is 10.4 Å². The average Bonchev–Trinajstić information content (AvgIpc) is 3.22. The second kappa shape index (κ2) is 8.67. The van der Waals surface area contributed by atoms with Crippen LogP contribution in [0.2, 0.25) is 0 Å². The molecule has 0 fully saturated rings. The Balaban J connectivity index is 1.45. The molecule has 2 aromatic heterocycles. The van der Waals surface area contributed by atoms with Crippen LogP contribution in [0.15, 0.2) is 76.9 Å². The molecule has 0 unspecified atom stereocenters. The predicted octanol–water partition coefficient (Wildman–Crippen LogP) is 3.18. The van der Waals surface area contributed by atoms with E-state index in [9.17, 15) is 19.7 Å². The number of nitrogens with one attached hydrogen (secondary N) is 1.